The van der Waals surface area contributed by atoms with Gasteiger partial charge in [-0.25, -0.2) is 9.97 Å². The first-order valence-electron chi connectivity index (χ1n) is 10.9. The molecule has 0 atom stereocenters. The number of rotatable bonds is 5. The average molecular weight is 433 g/mol. The van der Waals surface area contributed by atoms with E-state index in [0.29, 0.717) is 41.1 Å². The largest absolute Gasteiger partial charge is 0.390 e. The Morgan fingerprint density at radius 2 is 2.03 bits per heavy atom. The summed E-state index contributed by atoms with van der Waals surface area (Å²) in [5.74, 6) is 0.457. The lowest BCUT2D eigenvalue weighted by Gasteiger charge is -2.33. The van der Waals surface area contributed by atoms with Gasteiger partial charge in [0.1, 0.15) is 17.5 Å². The molecule has 1 amide bonds. The maximum atomic E-state index is 13.1. The first-order valence-corrected chi connectivity index (χ1v) is 10.9. The van der Waals surface area contributed by atoms with Crippen molar-refractivity contribution in [3.8, 4) is 11.9 Å². The molecule has 3 aromatic rings. The summed E-state index contributed by atoms with van der Waals surface area (Å²) in [5.41, 5.74) is 1.73. The summed E-state index contributed by atoms with van der Waals surface area (Å²) in [6, 6.07) is 7.79. The van der Waals surface area contributed by atoms with Crippen LogP contribution in [0.4, 0.5) is 5.69 Å². The van der Waals surface area contributed by atoms with Crippen molar-refractivity contribution in [1.29, 1.82) is 5.26 Å². The zero-order valence-corrected chi connectivity index (χ0v) is 18.6. The first kappa shape index (κ1) is 21.8. The summed E-state index contributed by atoms with van der Waals surface area (Å²) in [6.07, 6.45) is 7.83. The maximum Gasteiger partial charge on any atom is 0.255 e. The number of nitrogens with zero attached hydrogens (tertiary/aromatic N) is 4. The Kier molecular flexibility index (Phi) is 5.85. The molecule has 0 aromatic carbocycles. The molecule has 166 valence electrons. The molecule has 0 bridgehead atoms. The molecule has 8 heteroatoms. The fourth-order valence-corrected chi connectivity index (χ4v) is 4.10. The molecule has 0 aliphatic heterocycles. The summed E-state index contributed by atoms with van der Waals surface area (Å²) in [4.78, 5) is 22.0. The third-order valence-electron chi connectivity index (χ3n) is 5.88. The highest BCUT2D eigenvalue weighted by Crippen LogP contribution is 2.28. The minimum atomic E-state index is -0.642. The van der Waals surface area contributed by atoms with Crippen LogP contribution in [0, 0.1) is 11.3 Å². The van der Waals surface area contributed by atoms with E-state index in [2.05, 4.69) is 26.7 Å². The van der Waals surface area contributed by atoms with Crippen molar-refractivity contribution in [2.75, 3.05) is 5.32 Å². The summed E-state index contributed by atoms with van der Waals surface area (Å²) in [5, 5.41) is 26.6. The number of pyridine rings is 2. The van der Waals surface area contributed by atoms with Crippen molar-refractivity contribution >= 4 is 22.6 Å². The van der Waals surface area contributed by atoms with Crippen molar-refractivity contribution in [2.24, 2.45) is 0 Å². The molecule has 0 spiro atoms. The molecule has 32 heavy (non-hydrogen) atoms. The van der Waals surface area contributed by atoms with Gasteiger partial charge in [-0.15, -0.1) is 0 Å². The van der Waals surface area contributed by atoms with E-state index in [1.807, 2.05) is 43.7 Å². The molecule has 1 aliphatic rings. The second kappa shape index (κ2) is 8.60. The fraction of sp³-hybridized carbons (Fsp3) is 0.417. The van der Waals surface area contributed by atoms with Crippen molar-refractivity contribution < 1.29 is 9.90 Å². The Labute approximate surface area is 187 Å². The number of carbonyl (C=O) groups is 1. The lowest BCUT2D eigenvalue weighted by molar-refractivity contribution is 0.0140. The van der Waals surface area contributed by atoms with Crippen LogP contribution in [0.5, 0.6) is 0 Å². The normalized spacial score (nSPS) is 20.8. The number of carbonyl (C=O) groups excluding carboxylic acids is 1. The van der Waals surface area contributed by atoms with Gasteiger partial charge in [0.15, 0.2) is 0 Å². The van der Waals surface area contributed by atoms with Crippen LogP contribution < -0.4 is 10.6 Å². The van der Waals surface area contributed by atoms with Gasteiger partial charge in [0.25, 0.3) is 5.91 Å². The molecule has 3 aromatic heterocycles. The van der Waals surface area contributed by atoms with E-state index in [-0.39, 0.29) is 18.0 Å². The predicted octanol–water partition coefficient (Wildman–Crippen LogP) is 3.54. The maximum absolute atomic E-state index is 13.1. The van der Waals surface area contributed by atoms with Gasteiger partial charge in [0, 0.05) is 42.1 Å². The van der Waals surface area contributed by atoms with Crippen molar-refractivity contribution in [2.45, 2.75) is 64.1 Å². The zero-order valence-electron chi connectivity index (χ0n) is 18.6. The quantitative estimate of drug-likeness (QED) is 0.568. The molecule has 1 aliphatic carbocycles. The minimum absolute atomic E-state index is 0.0428. The van der Waals surface area contributed by atoms with Gasteiger partial charge in [0.2, 0.25) is 0 Å². The molecular formula is C24H28N6O2. The summed E-state index contributed by atoms with van der Waals surface area (Å²) >= 11 is 0. The second-order valence-corrected chi connectivity index (χ2v) is 9.07. The van der Waals surface area contributed by atoms with Gasteiger partial charge in [-0.3, -0.25) is 9.36 Å². The Balaban J connectivity index is 1.62. The molecule has 8 nitrogen and oxygen atoms in total. The van der Waals surface area contributed by atoms with Crippen LogP contribution in [0.15, 0.2) is 36.8 Å². The van der Waals surface area contributed by atoms with E-state index in [4.69, 9.17) is 5.26 Å². The number of aliphatic hydroxyl groups is 1. The fourth-order valence-electron chi connectivity index (χ4n) is 4.10. The number of hydrogen-bond acceptors (Lipinski definition) is 6. The second-order valence-electron chi connectivity index (χ2n) is 9.07. The van der Waals surface area contributed by atoms with Crippen LogP contribution in [0.25, 0.3) is 16.9 Å². The summed E-state index contributed by atoms with van der Waals surface area (Å²) in [6.45, 7) is 5.88. The van der Waals surface area contributed by atoms with Crippen molar-refractivity contribution in [3.63, 3.8) is 0 Å². The van der Waals surface area contributed by atoms with E-state index < -0.39 is 5.60 Å². The summed E-state index contributed by atoms with van der Waals surface area (Å²) < 4.78 is 1.84. The number of hydrogen-bond donors (Lipinski definition) is 3. The lowest BCUT2D eigenvalue weighted by Crippen LogP contribution is -2.42. The molecular weight excluding hydrogens is 404 g/mol. The van der Waals surface area contributed by atoms with Gasteiger partial charge in [-0.05, 0) is 58.6 Å². The SMILES string of the molecule is CC(C)Nc1cc(-n2ccc3cc(C#N)cnc32)ncc1C(=O)NC1CCC(C)(O)CC1. The third kappa shape index (κ3) is 4.58. The molecule has 1 saturated carbocycles. The van der Waals surface area contributed by atoms with E-state index in [1.165, 1.54) is 6.20 Å². The Hall–Kier alpha value is -3.44. The van der Waals surface area contributed by atoms with E-state index in [0.717, 1.165) is 18.2 Å². The zero-order chi connectivity index (χ0) is 22.9. The highest BCUT2D eigenvalue weighted by Gasteiger charge is 2.30. The first-order chi connectivity index (χ1) is 15.3. The van der Waals surface area contributed by atoms with E-state index in [9.17, 15) is 9.90 Å². The molecule has 3 N–H and O–H groups in total. The van der Waals surface area contributed by atoms with Crippen LogP contribution in [0.1, 0.15) is 62.4 Å². The number of nitrogens with one attached hydrogen (secondary N) is 2. The van der Waals surface area contributed by atoms with Crippen molar-refractivity contribution in [3.05, 3.63) is 47.9 Å². The van der Waals surface area contributed by atoms with E-state index in [1.54, 1.807) is 12.3 Å². The van der Waals surface area contributed by atoms with Gasteiger partial charge in [-0.1, -0.05) is 0 Å². The molecule has 0 saturated heterocycles. The highest BCUT2D eigenvalue weighted by molar-refractivity contribution is 5.99. The van der Waals surface area contributed by atoms with Crippen LogP contribution >= 0.6 is 0 Å². The Bertz CT molecular complexity index is 1180. The van der Waals surface area contributed by atoms with Crippen LogP contribution in [-0.2, 0) is 0 Å². The molecule has 1 fully saturated rings. The smallest absolute Gasteiger partial charge is 0.255 e. The van der Waals surface area contributed by atoms with Crippen molar-refractivity contribution in [1.82, 2.24) is 19.9 Å². The third-order valence-corrected chi connectivity index (χ3v) is 5.88. The monoisotopic (exact) mass is 432 g/mol. The van der Waals surface area contributed by atoms with Crippen LogP contribution in [-0.4, -0.2) is 43.2 Å². The molecule has 4 rings (SSSR count). The molecule has 0 radical (unpaired) electrons. The number of nitriles is 1. The van der Waals surface area contributed by atoms with Crippen LogP contribution in [0.2, 0.25) is 0 Å². The number of aromatic nitrogens is 3. The summed E-state index contributed by atoms with van der Waals surface area (Å²) in [7, 11) is 0. The molecule has 3 heterocycles. The van der Waals surface area contributed by atoms with E-state index >= 15 is 0 Å². The van der Waals surface area contributed by atoms with Gasteiger partial charge in [0.05, 0.1) is 22.4 Å². The topological polar surface area (TPSA) is 116 Å². The van der Waals surface area contributed by atoms with Gasteiger partial charge < -0.3 is 15.7 Å². The molecule has 0 unspecified atom stereocenters. The Morgan fingerprint density at radius 1 is 1.28 bits per heavy atom. The minimum Gasteiger partial charge on any atom is -0.390 e. The van der Waals surface area contributed by atoms with Gasteiger partial charge >= 0.3 is 0 Å². The number of anilines is 1. The number of amides is 1. The number of fused-ring (bicyclic) bond motifs is 1. The van der Waals surface area contributed by atoms with Gasteiger partial charge in [-0.2, -0.15) is 5.26 Å². The Morgan fingerprint density at radius 3 is 2.72 bits per heavy atom. The highest BCUT2D eigenvalue weighted by atomic mass is 16.3. The standard InChI is InChI=1S/C24H28N6O2/c1-15(2)28-20-11-21(30-9-6-17-10-16(12-25)13-27-22(17)30)26-14-19(20)23(31)29-18-4-7-24(3,32)8-5-18/h6,9-11,13-15,18,32H,4-5,7-8H2,1-3H3,(H,26,28)(H,29,31). The van der Waals surface area contributed by atoms with Crippen LogP contribution in [0.3, 0.4) is 0 Å². The average Bonchev–Trinajstić information content (AvgIpc) is 3.18. The lowest BCUT2D eigenvalue weighted by atomic mass is 9.83. The predicted molar refractivity (Wildman–Crippen MR) is 123 cm³/mol.